The van der Waals surface area contributed by atoms with Crippen LogP contribution in [0.25, 0.3) is 0 Å². The number of aliphatic carboxylic acids is 7. The lowest BCUT2D eigenvalue weighted by Gasteiger charge is -2.06. The van der Waals surface area contributed by atoms with Crippen molar-refractivity contribution in [3.8, 4) is 5.75 Å². The number of carboxylic acids is 7. The van der Waals surface area contributed by atoms with Crippen LogP contribution in [0.4, 0.5) is 0 Å². The summed E-state index contributed by atoms with van der Waals surface area (Å²) in [4.78, 5) is 70.5. The number of rotatable bonds is 15. The Labute approximate surface area is 358 Å². The zero-order valence-corrected chi connectivity index (χ0v) is 34.8. The first-order valence-corrected chi connectivity index (χ1v) is 19.5. The van der Waals surface area contributed by atoms with E-state index in [0.717, 1.165) is 76.6 Å². The SMILES string of the molecule is C[C@@H](O)[C@H](N)C(=O)O.NCCCC[C@H](N)C(=O)O.N[C@@H](CO)C(=O)O.N[C@@H](Cc1ccc(O)cc1)C(=O)O.O=C(O)[C@@H]1CCCN1.O=C(O)[C@@H]1CCCN1.O=C(O)[C@@H]1CCCN1. The van der Waals surface area contributed by atoms with E-state index < -0.39 is 78.7 Å². The predicted molar refractivity (Wildman–Crippen MR) is 222 cm³/mol. The van der Waals surface area contributed by atoms with Crippen molar-refractivity contribution in [1.82, 2.24) is 16.0 Å². The Morgan fingerprint density at radius 1 is 0.613 bits per heavy atom. The van der Waals surface area contributed by atoms with Crippen molar-refractivity contribution in [2.24, 2.45) is 28.7 Å². The zero-order valence-electron chi connectivity index (χ0n) is 34.8. The van der Waals surface area contributed by atoms with Crippen LogP contribution in [-0.4, -0.2) is 174 Å². The topological polar surface area (TPSA) is 488 Å². The fourth-order valence-corrected chi connectivity index (χ4v) is 4.58. The molecule has 3 aliphatic heterocycles. The van der Waals surface area contributed by atoms with E-state index in [1.54, 1.807) is 12.1 Å². The summed E-state index contributed by atoms with van der Waals surface area (Å²) >= 11 is 0. The molecule has 0 radical (unpaired) electrons. The lowest BCUT2D eigenvalue weighted by Crippen LogP contribution is -2.39. The van der Waals surface area contributed by atoms with Gasteiger partial charge in [-0.2, -0.15) is 0 Å². The van der Waals surface area contributed by atoms with Crippen LogP contribution in [0.3, 0.4) is 0 Å². The van der Waals surface area contributed by atoms with Crippen molar-refractivity contribution in [2.45, 2.75) is 120 Å². The van der Waals surface area contributed by atoms with E-state index in [9.17, 15) is 33.6 Å². The molecule has 0 aliphatic carbocycles. The molecule has 358 valence electrons. The Balaban J connectivity index is -0.000000662. The normalized spacial score (nSPS) is 19.4. The molecule has 0 spiro atoms. The van der Waals surface area contributed by atoms with E-state index in [1.807, 2.05) is 0 Å². The molecule has 3 aliphatic rings. The predicted octanol–water partition coefficient (Wildman–Crippen LogP) is -3.49. The molecular weight excluding hydrogens is 828 g/mol. The number of hydrogen-bond donors (Lipinski definition) is 18. The number of aliphatic hydroxyl groups is 2. The minimum absolute atomic E-state index is 0.160. The Morgan fingerprint density at radius 3 is 1.18 bits per heavy atom. The number of unbranched alkanes of at least 4 members (excludes halogenated alkanes) is 1. The maximum absolute atomic E-state index is 10.4. The molecule has 62 heavy (non-hydrogen) atoms. The highest BCUT2D eigenvalue weighted by Crippen LogP contribution is 2.11. The summed E-state index contributed by atoms with van der Waals surface area (Å²) in [6.07, 6.45) is 6.81. The van der Waals surface area contributed by atoms with Gasteiger partial charge < -0.3 is 95.7 Å². The van der Waals surface area contributed by atoms with Crippen LogP contribution in [0.15, 0.2) is 24.3 Å². The first-order chi connectivity index (χ1) is 28.9. The van der Waals surface area contributed by atoms with E-state index in [2.05, 4.69) is 16.0 Å². The minimum Gasteiger partial charge on any atom is -0.508 e. The third-order valence-corrected chi connectivity index (χ3v) is 8.39. The molecular formula is C37H68N8O17. The molecule has 3 fully saturated rings. The van der Waals surface area contributed by atoms with Crippen LogP contribution in [0.1, 0.15) is 70.3 Å². The molecule has 25 heteroatoms. The van der Waals surface area contributed by atoms with Gasteiger partial charge in [-0.05, 0) is 109 Å². The number of hydrogen-bond acceptors (Lipinski definition) is 18. The van der Waals surface area contributed by atoms with Crippen molar-refractivity contribution in [1.29, 1.82) is 0 Å². The number of carbonyl (C=O) groups is 7. The highest BCUT2D eigenvalue weighted by atomic mass is 16.4. The number of aliphatic hydroxyl groups excluding tert-OH is 2. The molecule has 4 rings (SSSR count). The van der Waals surface area contributed by atoms with Gasteiger partial charge in [0, 0.05) is 0 Å². The highest BCUT2D eigenvalue weighted by molar-refractivity contribution is 5.75. The summed E-state index contributed by atoms with van der Waals surface area (Å²) in [5.41, 5.74) is 26.2. The van der Waals surface area contributed by atoms with Gasteiger partial charge in [-0.1, -0.05) is 18.6 Å². The maximum atomic E-state index is 10.4. The second-order valence-corrected chi connectivity index (χ2v) is 13.7. The fourth-order valence-electron chi connectivity index (χ4n) is 4.58. The highest BCUT2D eigenvalue weighted by Gasteiger charge is 2.22. The second kappa shape index (κ2) is 36.6. The Kier molecular flexibility index (Phi) is 36.1. The lowest BCUT2D eigenvalue weighted by molar-refractivity contribution is -0.141. The van der Waals surface area contributed by atoms with E-state index in [1.165, 1.54) is 19.1 Å². The van der Waals surface area contributed by atoms with Gasteiger partial charge in [-0.15, -0.1) is 0 Å². The van der Waals surface area contributed by atoms with E-state index >= 15 is 0 Å². The number of carboxylic acid groups (broad SMARTS) is 7. The third kappa shape index (κ3) is 33.6. The van der Waals surface area contributed by atoms with Crippen molar-refractivity contribution in [2.75, 3.05) is 32.8 Å². The van der Waals surface area contributed by atoms with Crippen LogP contribution >= 0.6 is 0 Å². The number of benzene rings is 1. The van der Waals surface area contributed by atoms with Gasteiger partial charge in [0.1, 0.15) is 48.0 Å². The first-order valence-electron chi connectivity index (χ1n) is 19.5. The summed E-state index contributed by atoms with van der Waals surface area (Å²) in [5, 5.41) is 91.9. The molecule has 0 saturated carbocycles. The quantitative estimate of drug-likeness (QED) is 0.0760. The molecule has 1 aromatic carbocycles. The van der Waals surface area contributed by atoms with Gasteiger partial charge in [0.15, 0.2) is 0 Å². The summed E-state index contributed by atoms with van der Waals surface area (Å²) in [5.74, 6) is -6.31. The Morgan fingerprint density at radius 2 is 0.984 bits per heavy atom. The Hall–Kier alpha value is -5.09. The van der Waals surface area contributed by atoms with Gasteiger partial charge in [0.2, 0.25) is 0 Å². The lowest BCUT2D eigenvalue weighted by atomic mass is 10.1. The molecule has 25 nitrogen and oxygen atoms in total. The molecule has 0 unspecified atom stereocenters. The molecule has 0 bridgehead atoms. The van der Waals surface area contributed by atoms with Crippen LogP contribution in [0.2, 0.25) is 0 Å². The number of nitrogens with one attached hydrogen (secondary N) is 3. The van der Waals surface area contributed by atoms with Crippen LogP contribution in [0, 0.1) is 0 Å². The largest absolute Gasteiger partial charge is 0.508 e. The number of phenols is 1. The van der Waals surface area contributed by atoms with Crippen LogP contribution in [0.5, 0.6) is 5.75 Å². The zero-order chi connectivity index (χ0) is 48.4. The second-order valence-electron chi connectivity index (χ2n) is 13.7. The maximum Gasteiger partial charge on any atom is 0.323 e. The minimum atomic E-state index is -1.18. The standard InChI is InChI=1S/C9H11NO3.C6H14N2O2.3C5H9NO2.C4H9NO3.C3H7NO3/c10-8(9(12)13)5-6-1-3-7(11)4-2-6;7-4-2-1-3-5(8)6(9)10;3*7-5(8)4-2-1-3-6-4;1-2(6)3(5)4(7)8;4-2(1-5)3(6)7/h1-4,8,11H,5,10H2,(H,12,13);5H,1-4,7-8H2,(H,9,10);3*4,6H,1-3H2,(H,7,8);2-3,6H,5H2,1H3,(H,7,8);2,5H,1,4H2,(H,6,7)/t8-;5-;3*4-;2-,3+;2-/m0000010/s1. The average Bonchev–Trinajstić information content (AvgIpc) is 4.05. The van der Waals surface area contributed by atoms with Crippen molar-refractivity contribution in [3.63, 3.8) is 0 Å². The van der Waals surface area contributed by atoms with Crippen LogP contribution < -0.4 is 44.6 Å². The molecule has 0 aromatic heterocycles. The van der Waals surface area contributed by atoms with E-state index in [-0.39, 0.29) is 30.3 Å². The van der Waals surface area contributed by atoms with E-state index in [0.29, 0.717) is 13.0 Å². The van der Waals surface area contributed by atoms with Gasteiger partial charge in [-0.25, -0.2) is 0 Å². The summed E-state index contributed by atoms with van der Waals surface area (Å²) < 4.78 is 0. The molecule has 8 atom stereocenters. The van der Waals surface area contributed by atoms with Gasteiger partial charge in [0.05, 0.1) is 12.7 Å². The summed E-state index contributed by atoms with van der Waals surface area (Å²) in [6.45, 7) is 4.01. The van der Waals surface area contributed by atoms with Crippen molar-refractivity contribution >= 4 is 41.8 Å². The van der Waals surface area contributed by atoms with Crippen molar-refractivity contribution < 1.29 is 84.6 Å². The average molecular weight is 897 g/mol. The number of phenolic OH excluding ortho intramolecular Hbond substituents is 1. The van der Waals surface area contributed by atoms with Crippen LogP contribution in [-0.2, 0) is 40.0 Å². The molecule has 3 heterocycles. The summed E-state index contributed by atoms with van der Waals surface area (Å²) in [6, 6.07) is 1.62. The van der Waals surface area contributed by atoms with Gasteiger partial charge in [0.25, 0.3) is 0 Å². The molecule has 3 saturated heterocycles. The van der Waals surface area contributed by atoms with Gasteiger partial charge in [-0.3, -0.25) is 33.6 Å². The number of nitrogens with two attached hydrogens (primary N) is 5. The van der Waals surface area contributed by atoms with Gasteiger partial charge >= 0.3 is 41.8 Å². The smallest absolute Gasteiger partial charge is 0.323 e. The monoisotopic (exact) mass is 896 g/mol. The fraction of sp³-hybridized carbons (Fsp3) is 0.649. The van der Waals surface area contributed by atoms with E-state index in [4.69, 9.17) is 79.7 Å². The van der Waals surface area contributed by atoms with Crippen molar-refractivity contribution in [3.05, 3.63) is 29.8 Å². The molecule has 0 amide bonds. The number of aromatic hydroxyl groups is 1. The molecule has 23 N–H and O–H groups in total. The summed E-state index contributed by atoms with van der Waals surface area (Å²) in [7, 11) is 0. The first kappa shape index (κ1) is 61.2. The Bertz CT molecular complexity index is 1340. The molecule has 1 aromatic rings. The third-order valence-electron chi connectivity index (χ3n) is 8.39.